The Morgan fingerprint density at radius 2 is 2.00 bits per heavy atom. The van der Waals surface area contributed by atoms with E-state index in [0.717, 1.165) is 15.6 Å². The monoisotopic (exact) mass is 338 g/mol. The number of carbonyl (C=O) groups excluding carboxylic acids is 1. The fourth-order valence-corrected chi connectivity index (χ4v) is 2.72. The predicted octanol–water partition coefficient (Wildman–Crippen LogP) is 2.92. The molecule has 4 rings (SSSR count). The Morgan fingerprint density at radius 1 is 1.17 bits per heavy atom. The first-order valence-corrected chi connectivity index (χ1v) is 7.56. The predicted molar refractivity (Wildman–Crippen MR) is 93.0 cm³/mol. The van der Waals surface area contributed by atoms with Gasteiger partial charge in [0.2, 0.25) is 0 Å². The number of carbonyl (C=O) groups is 1. The van der Waals surface area contributed by atoms with Gasteiger partial charge >= 0.3 is 0 Å². The molecule has 2 aromatic carbocycles. The lowest BCUT2D eigenvalue weighted by molar-refractivity contribution is 0.100. The van der Waals surface area contributed by atoms with Crippen molar-refractivity contribution in [3.63, 3.8) is 0 Å². The molecule has 7 heteroatoms. The van der Waals surface area contributed by atoms with E-state index >= 15 is 0 Å². The summed E-state index contributed by atoms with van der Waals surface area (Å²) in [6.07, 6.45) is 1.29. The lowest BCUT2D eigenvalue weighted by Crippen LogP contribution is -2.33. The van der Waals surface area contributed by atoms with Crippen LogP contribution >= 0.6 is 11.6 Å². The molecular formula is C17H11ClN4O2. The van der Waals surface area contributed by atoms with E-state index in [1.165, 1.54) is 6.33 Å². The Morgan fingerprint density at radius 3 is 2.88 bits per heavy atom. The van der Waals surface area contributed by atoms with Crippen molar-refractivity contribution in [1.82, 2.24) is 14.6 Å². The van der Waals surface area contributed by atoms with Crippen LogP contribution in [-0.2, 0) is 0 Å². The van der Waals surface area contributed by atoms with E-state index in [2.05, 4.69) is 15.4 Å². The van der Waals surface area contributed by atoms with Crippen LogP contribution in [0.1, 0.15) is 10.5 Å². The maximum absolute atomic E-state index is 12.4. The fraction of sp³-hybridized carbons (Fsp3) is 0. The van der Waals surface area contributed by atoms with Gasteiger partial charge in [0.1, 0.15) is 12.0 Å². The van der Waals surface area contributed by atoms with E-state index < -0.39 is 5.91 Å². The number of amides is 1. The van der Waals surface area contributed by atoms with Crippen LogP contribution in [0.2, 0.25) is 5.02 Å². The van der Waals surface area contributed by atoms with Crippen molar-refractivity contribution < 1.29 is 4.79 Å². The molecule has 4 aromatic rings. The lowest BCUT2D eigenvalue weighted by Gasteiger charge is -2.07. The quantitative estimate of drug-likeness (QED) is 0.589. The average Bonchev–Trinajstić information content (AvgIpc) is 3.01. The van der Waals surface area contributed by atoms with Crippen LogP contribution < -0.4 is 11.0 Å². The Hall–Kier alpha value is -3.12. The molecule has 6 nitrogen and oxygen atoms in total. The third-order valence-electron chi connectivity index (χ3n) is 3.71. The van der Waals surface area contributed by atoms with Crippen molar-refractivity contribution in [2.24, 2.45) is 0 Å². The molecule has 2 aromatic heterocycles. The van der Waals surface area contributed by atoms with Gasteiger partial charge in [-0.3, -0.25) is 15.0 Å². The fourth-order valence-electron chi connectivity index (χ4n) is 2.54. The highest BCUT2D eigenvalue weighted by Gasteiger charge is 2.12. The Kier molecular flexibility index (Phi) is 3.32. The summed E-state index contributed by atoms with van der Waals surface area (Å²) in [6.45, 7) is 0. The highest BCUT2D eigenvalue weighted by molar-refractivity contribution is 6.31. The van der Waals surface area contributed by atoms with Crippen molar-refractivity contribution in [2.75, 3.05) is 5.43 Å². The molecule has 0 aliphatic heterocycles. The standard InChI is InChI=1S/C17H11ClN4O2/c18-11-5-6-13-10(7-11)8-15(20-13)16(23)21-22-9-19-14-4-2-1-3-12(14)17(22)24/h1-9,20H,(H,21,23). The minimum absolute atomic E-state index is 0.326. The number of nitrogens with zero attached hydrogens (tertiary/aromatic N) is 2. The largest absolute Gasteiger partial charge is 0.350 e. The summed E-state index contributed by atoms with van der Waals surface area (Å²) in [5.74, 6) is -0.443. The number of nitrogens with one attached hydrogen (secondary N) is 2. The summed E-state index contributed by atoms with van der Waals surface area (Å²) < 4.78 is 1.07. The molecule has 0 fully saturated rings. The summed E-state index contributed by atoms with van der Waals surface area (Å²) in [6, 6.07) is 13.9. The number of aromatic amines is 1. The van der Waals surface area contributed by atoms with E-state index in [4.69, 9.17) is 11.6 Å². The van der Waals surface area contributed by atoms with Gasteiger partial charge in [-0.15, -0.1) is 0 Å². The smallest absolute Gasteiger partial charge is 0.286 e. The van der Waals surface area contributed by atoms with Gasteiger partial charge in [0, 0.05) is 15.9 Å². The summed E-state index contributed by atoms with van der Waals surface area (Å²) in [5.41, 5.74) is 3.88. The molecule has 0 saturated heterocycles. The summed E-state index contributed by atoms with van der Waals surface area (Å²) in [5, 5.41) is 1.84. The van der Waals surface area contributed by atoms with Gasteiger partial charge in [-0.2, -0.15) is 0 Å². The number of aromatic nitrogens is 3. The molecule has 0 aliphatic carbocycles. The number of hydrogen-bond acceptors (Lipinski definition) is 3. The van der Waals surface area contributed by atoms with E-state index in [0.29, 0.717) is 21.6 Å². The van der Waals surface area contributed by atoms with Crippen molar-refractivity contribution in [2.45, 2.75) is 0 Å². The molecular weight excluding hydrogens is 328 g/mol. The van der Waals surface area contributed by atoms with Gasteiger partial charge in [0.25, 0.3) is 11.5 Å². The van der Waals surface area contributed by atoms with Crippen LogP contribution in [0.4, 0.5) is 0 Å². The van der Waals surface area contributed by atoms with Crippen LogP contribution in [0.25, 0.3) is 21.8 Å². The number of para-hydroxylation sites is 1. The molecule has 1 amide bonds. The van der Waals surface area contributed by atoms with E-state index in [9.17, 15) is 9.59 Å². The highest BCUT2D eigenvalue weighted by Crippen LogP contribution is 2.20. The molecule has 0 unspecified atom stereocenters. The van der Waals surface area contributed by atoms with Crippen molar-refractivity contribution in [3.05, 3.63) is 75.9 Å². The molecule has 118 valence electrons. The molecule has 2 N–H and O–H groups in total. The Balaban J connectivity index is 1.70. The van der Waals surface area contributed by atoms with Crippen LogP contribution in [0, 0.1) is 0 Å². The maximum Gasteiger partial charge on any atom is 0.286 e. The van der Waals surface area contributed by atoms with Crippen LogP contribution in [0.3, 0.4) is 0 Å². The number of hydrogen-bond donors (Lipinski definition) is 2. The first-order chi connectivity index (χ1) is 11.6. The topological polar surface area (TPSA) is 79.8 Å². The van der Waals surface area contributed by atoms with Gasteiger partial charge in [0.15, 0.2) is 0 Å². The first-order valence-electron chi connectivity index (χ1n) is 7.18. The zero-order valence-corrected chi connectivity index (χ0v) is 13.0. The molecule has 0 spiro atoms. The van der Waals surface area contributed by atoms with Gasteiger partial charge < -0.3 is 4.98 Å². The Labute approximate surface area is 140 Å². The zero-order valence-electron chi connectivity index (χ0n) is 12.3. The highest BCUT2D eigenvalue weighted by atomic mass is 35.5. The van der Waals surface area contributed by atoms with Crippen LogP contribution in [0.5, 0.6) is 0 Å². The van der Waals surface area contributed by atoms with Crippen LogP contribution in [-0.4, -0.2) is 20.6 Å². The molecule has 0 aliphatic rings. The number of fused-ring (bicyclic) bond motifs is 2. The summed E-state index contributed by atoms with van der Waals surface area (Å²) in [4.78, 5) is 31.9. The maximum atomic E-state index is 12.4. The van der Waals surface area contributed by atoms with E-state index in [-0.39, 0.29) is 5.56 Å². The molecule has 24 heavy (non-hydrogen) atoms. The van der Waals surface area contributed by atoms with Gasteiger partial charge in [-0.1, -0.05) is 23.7 Å². The zero-order chi connectivity index (χ0) is 16.7. The molecule has 0 bridgehead atoms. The molecule has 2 heterocycles. The minimum atomic E-state index is -0.443. The third-order valence-corrected chi connectivity index (χ3v) is 3.95. The second-order valence-corrected chi connectivity index (χ2v) is 5.73. The molecule has 0 saturated carbocycles. The summed E-state index contributed by atoms with van der Waals surface area (Å²) >= 11 is 5.95. The van der Waals surface area contributed by atoms with E-state index in [1.807, 2.05) is 0 Å². The van der Waals surface area contributed by atoms with Crippen molar-refractivity contribution in [3.8, 4) is 0 Å². The number of benzene rings is 2. The summed E-state index contributed by atoms with van der Waals surface area (Å²) in [7, 11) is 0. The van der Waals surface area contributed by atoms with E-state index in [1.54, 1.807) is 48.5 Å². The minimum Gasteiger partial charge on any atom is -0.350 e. The SMILES string of the molecule is O=C(Nn1cnc2ccccc2c1=O)c1cc2cc(Cl)ccc2[nH]1. The van der Waals surface area contributed by atoms with Gasteiger partial charge in [-0.05, 0) is 36.4 Å². The van der Waals surface area contributed by atoms with Gasteiger partial charge in [-0.25, -0.2) is 9.66 Å². The average molecular weight is 339 g/mol. The van der Waals surface area contributed by atoms with Crippen molar-refractivity contribution >= 4 is 39.3 Å². The number of H-pyrrole nitrogens is 1. The Bertz CT molecular complexity index is 1150. The number of halogens is 1. The lowest BCUT2D eigenvalue weighted by atomic mass is 10.2. The molecule has 0 radical (unpaired) electrons. The van der Waals surface area contributed by atoms with Crippen LogP contribution in [0.15, 0.2) is 59.7 Å². The molecule has 0 atom stereocenters. The van der Waals surface area contributed by atoms with Crippen molar-refractivity contribution in [1.29, 1.82) is 0 Å². The second-order valence-electron chi connectivity index (χ2n) is 5.29. The third kappa shape index (κ3) is 2.43. The normalized spacial score (nSPS) is 11.0. The first kappa shape index (κ1) is 14.5. The van der Waals surface area contributed by atoms with Gasteiger partial charge in [0.05, 0.1) is 10.9 Å². The number of rotatable bonds is 2. The second kappa shape index (κ2) is 5.50.